The molecule has 1 heterocycles. The van der Waals surface area contributed by atoms with Crippen LogP contribution in [0, 0.1) is 0 Å². The number of nitrogens with zero attached hydrogens (tertiary/aromatic N) is 1. The second kappa shape index (κ2) is 9.29. The largest absolute Gasteiger partial charge is 0.343 e. The van der Waals surface area contributed by atoms with Crippen LogP contribution in [0.2, 0.25) is 0 Å². The number of amides is 1. The molecule has 1 amide bonds. The Hall–Kier alpha value is -3.26. The van der Waals surface area contributed by atoms with Crippen molar-refractivity contribution in [3.8, 4) is 0 Å². The molecule has 2 N–H and O–H groups in total. The topological polar surface area (TPSA) is 105 Å². The van der Waals surface area contributed by atoms with Gasteiger partial charge in [-0.2, -0.15) is 0 Å². The van der Waals surface area contributed by atoms with Gasteiger partial charge >= 0.3 is 0 Å². The molecule has 0 saturated heterocycles. The lowest BCUT2D eigenvalue weighted by atomic mass is 10.1. The molecule has 0 saturated carbocycles. The van der Waals surface area contributed by atoms with Crippen molar-refractivity contribution in [2.24, 2.45) is 0 Å². The Morgan fingerprint density at radius 1 is 1.14 bits per heavy atom. The molecule has 0 aliphatic heterocycles. The number of rotatable bonds is 7. The highest BCUT2D eigenvalue weighted by atomic mass is 32.2. The molecular formula is C21H23N3O4S. The summed E-state index contributed by atoms with van der Waals surface area (Å²) in [6, 6.07) is 13.9. The third kappa shape index (κ3) is 4.97. The molecule has 3 aromatic rings. The number of benzene rings is 2. The number of pyridine rings is 1. The SMILES string of the molecule is C.CCC(C=O)NC(=O)c1cccc(NS(=O)(=O)c2cccc3cccnc23)c1. The standard InChI is InChI=1S/C20H19N3O4S.CH4/c1-2-16(13-24)22-20(25)15-7-3-9-17(12-15)23-28(26,27)18-10-4-6-14-8-5-11-21-19(14)18;/h3-13,16,23H,2H2,1H3,(H,22,25);1H4. The quantitative estimate of drug-likeness (QED) is 0.578. The van der Waals surface area contributed by atoms with Gasteiger partial charge in [0.1, 0.15) is 11.2 Å². The number of carbonyl (C=O) groups is 2. The van der Waals surface area contributed by atoms with E-state index in [1.54, 1.807) is 49.4 Å². The van der Waals surface area contributed by atoms with Crippen LogP contribution in [0.1, 0.15) is 31.1 Å². The van der Waals surface area contributed by atoms with Crippen molar-refractivity contribution < 1.29 is 18.0 Å². The van der Waals surface area contributed by atoms with Crippen molar-refractivity contribution in [3.63, 3.8) is 0 Å². The fraction of sp³-hybridized carbons (Fsp3) is 0.190. The maximum absolute atomic E-state index is 12.9. The molecule has 8 heteroatoms. The van der Waals surface area contributed by atoms with Gasteiger partial charge in [0.05, 0.1) is 11.6 Å². The molecule has 0 aliphatic rings. The lowest BCUT2D eigenvalue weighted by Crippen LogP contribution is -2.35. The van der Waals surface area contributed by atoms with Crippen molar-refractivity contribution in [2.45, 2.75) is 31.7 Å². The van der Waals surface area contributed by atoms with Crippen LogP contribution in [0.25, 0.3) is 10.9 Å². The fourth-order valence-corrected chi connectivity index (χ4v) is 3.94. The molecular weight excluding hydrogens is 390 g/mol. The predicted octanol–water partition coefficient (Wildman–Crippen LogP) is 3.38. The zero-order valence-corrected chi connectivity index (χ0v) is 15.9. The minimum absolute atomic E-state index is 0. The zero-order valence-electron chi connectivity index (χ0n) is 15.1. The van der Waals surface area contributed by atoms with E-state index in [9.17, 15) is 18.0 Å². The molecule has 3 rings (SSSR count). The van der Waals surface area contributed by atoms with Crippen molar-refractivity contribution >= 4 is 38.8 Å². The van der Waals surface area contributed by atoms with Crippen LogP contribution in [0.15, 0.2) is 65.7 Å². The van der Waals surface area contributed by atoms with E-state index in [4.69, 9.17) is 0 Å². The lowest BCUT2D eigenvalue weighted by Gasteiger charge is -2.13. The minimum Gasteiger partial charge on any atom is -0.343 e. The molecule has 0 radical (unpaired) electrons. The maximum Gasteiger partial charge on any atom is 0.264 e. The zero-order chi connectivity index (χ0) is 20.1. The smallest absolute Gasteiger partial charge is 0.264 e. The van der Waals surface area contributed by atoms with Crippen LogP contribution in [-0.4, -0.2) is 31.6 Å². The summed E-state index contributed by atoms with van der Waals surface area (Å²) in [5.74, 6) is -0.452. The Morgan fingerprint density at radius 3 is 2.59 bits per heavy atom. The molecule has 152 valence electrons. The van der Waals surface area contributed by atoms with E-state index >= 15 is 0 Å². The Kier molecular flexibility index (Phi) is 7.06. The summed E-state index contributed by atoms with van der Waals surface area (Å²) in [6.45, 7) is 1.78. The number of anilines is 1. The molecule has 7 nitrogen and oxygen atoms in total. The number of hydrogen-bond donors (Lipinski definition) is 2. The third-order valence-corrected chi connectivity index (χ3v) is 5.60. The number of fused-ring (bicyclic) bond motifs is 1. The number of para-hydroxylation sites is 1. The van der Waals surface area contributed by atoms with E-state index < -0.39 is 22.0 Å². The van der Waals surface area contributed by atoms with Crippen LogP contribution in [0.3, 0.4) is 0 Å². The van der Waals surface area contributed by atoms with E-state index in [2.05, 4.69) is 15.0 Å². The maximum atomic E-state index is 12.9. The van der Waals surface area contributed by atoms with E-state index in [-0.39, 0.29) is 23.6 Å². The van der Waals surface area contributed by atoms with E-state index in [1.165, 1.54) is 18.3 Å². The van der Waals surface area contributed by atoms with Crippen LogP contribution in [0.5, 0.6) is 0 Å². The summed E-state index contributed by atoms with van der Waals surface area (Å²) in [7, 11) is -3.92. The van der Waals surface area contributed by atoms with Crippen molar-refractivity contribution in [3.05, 3.63) is 66.4 Å². The average molecular weight is 413 g/mol. The first kappa shape index (κ1) is 22.0. The van der Waals surface area contributed by atoms with E-state index in [0.717, 1.165) is 0 Å². The first-order valence-electron chi connectivity index (χ1n) is 8.67. The van der Waals surface area contributed by atoms with Crippen LogP contribution in [-0.2, 0) is 14.8 Å². The van der Waals surface area contributed by atoms with Gasteiger partial charge in [0.2, 0.25) is 0 Å². The summed E-state index contributed by atoms with van der Waals surface area (Å²) in [6.07, 6.45) is 2.66. The summed E-state index contributed by atoms with van der Waals surface area (Å²) in [4.78, 5) is 27.4. The first-order chi connectivity index (χ1) is 13.4. The number of carbonyl (C=O) groups excluding carboxylic acids is 2. The highest BCUT2D eigenvalue weighted by Gasteiger charge is 2.19. The Labute approximate surface area is 170 Å². The highest BCUT2D eigenvalue weighted by molar-refractivity contribution is 7.93. The lowest BCUT2D eigenvalue weighted by molar-refractivity contribution is -0.109. The predicted molar refractivity (Wildman–Crippen MR) is 113 cm³/mol. The van der Waals surface area contributed by atoms with Gasteiger partial charge in [-0.3, -0.25) is 14.5 Å². The van der Waals surface area contributed by atoms with Gasteiger partial charge in [-0.05, 0) is 36.8 Å². The van der Waals surface area contributed by atoms with Crippen molar-refractivity contribution in [2.75, 3.05) is 4.72 Å². The van der Waals surface area contributed by atoms with Crippen LogP contribution >= 0.6 is 0 Å². The molecule has 0 spiro atoms. The molecule has 0 fully saturated rings. The van der Waals surface area contributed by atoms with Gasteiger partial charge in [0, 0.05) is 22.8 Å². The monoisotopic (exact) mass is 413 g/mol. The van der Waals surface area contributed by atoms with Crippen LogP contribution < -0.4 is 10.0 Å². The Morgan fingerprint density at radius 2 is 1.86 bits per heavy atom. The number of aldehydes is 1. The molecule has 1 atom stereocenters. The fourth-order valence-electron chi connectivity index (χ4n) is 2.71. The molecule has 1 unspecified atom stereocenters. The van der Waals surface area contributed by atoms with Gasteiger partial charge in [-0.1, -0.05) is 38.6 Å². The van der Waals surface area contributed by atoms with Crippen molar-refractivity contribution in [1.29, 1.82) is 0 Å². The van der Waals surface area contributed by atoms with Gasteiger partial charge in [0.25, 0.3) is 15.9 Å². The summed E-state index contributed by atoms with van der Waals surface area (Å²) >= 11 is 0. The normalized spacial score (nSPS) is 11.9. The highest BCUT2D eigenvalue weighted by Crippen LogP contribution is 2.23. The van der Waals surface area contributed by atoms with E-state index in [0.29, 0.717) is 23.6 Å². The van der Waals surface area contributed by atoms with Crippen molar-refractivity contribution in [1.82, 2.24) is 10.3 Å². The molecule has 0 bridgehead atoms. The second-order valence-electron chi connectivity index (χ2n) is 6.14. The molecule has 2 aromatic carbocycles. The van der Waals surface area contributed by atoms with Crippen LogP contribution in [0.4, 0.5) is 5.69 Å². The summed E-state index contributed by atoms with van der Waals surface area (Å²) in [5.41, 5.74) is 0.847. The van der Waals surface area contributed by atoms with Gasteiger partial charge < -0.3 is 10.1 Å². The van der Waals surface area contributed by atoms with Gasteiger partial charge in [-0.15, -0.1) is 0 Å². The minimum atomic E-state index is -3.92. The number of nitrogens with one attached hydrogen (secondary N) is 2. The molecule has 29 heavy (non-hydrogen) atoms. The van der Waals surface area contributed by atoms with E-state index in [1.807, 2.05) is 0 Å². The number of aromatic nitrogens is 1. The molecule has 1 aromatic heterocycles. The summed E-state index contributed by atoms with van der Waals surface area (Å²) in [5, 5.41) is 3.29. The Balaban J connectivity index is 0.00000300. The summed E-state index contributed by atoms with van der Waals surface area (Å²) < 4.78 is 28.2. The van der Waals surface area contributed by atoms with Gasteiger partial charge in [0.15, 0.2) is 0 Å². The molecule has 0 aliphatic carbocycles. The first-order valence-corrected chi connectivity index (χ1v) is 10.2. The average Bonchev–Trinajstić information content (AvgIpc) is 2.71. The number of hydrogen-bond acceptors (Lipinski definition) is 5. The number of sulfonamides is 1. The Bertz CT molecular complexity index is 1120. The van der Waals surface area contributed by atoms with Gasteiger partial charge in [-0.25, -0.2) is 8.42 Å². The third-order valence-electron chi connectivity index (χ3n) is 4.18. The second-order valence-corrected chi connectivity index (χ2v) is 7.79.